The predicted octanol–water partition coefficient (Wildman–Crippen LogP) is 7.44. The number of fused-ring (bicyclic) bond motifs is 1. The second-order valence-corrected chi connectivity index (χ2v) is 18.6. The zero-order chi connectivity index (χ0) is 56.2. The van der Waals surface area contributed by atoms with E-state index in [0.717, 1.165) is 66.8 Å². The number of halogens is 3. The molecule has 10 heterocycles. The number of hydrogen-bond acceptors (Lipinski definition) is 18. The number of carbonyl (C=O) groups excluding carboxylic acids is 1. The summed E-state index contributed by atoms with van der Waals surface area (Å²) in [5.74, 6) is 2.31. The Balaban J connectivity index is 0.000000137. The van der Waals surface area contributed by atoms with Crippen LogP contribution in [0.25, 0.3) is 50.3 Å². The van der Waals surface area contributed by atoms with Crippen LogP contribution in [0.4, 0.5) is 5.95 Å². The largest absolute Gasteiger partial charge is 0.324 e. The van der Waals surface area contributed by atoms with Gasteiger partial charge in [0.05, 0.1) is 42.2 Å². The molecule has 0 atom stereocenters. The minimum absolute atomic E-state index is 0.156. The summed E-state index contributed by atoms with van der Waals surface area (Å²) in [6.45, 7) is 0.368. The summed E-state index contributed by atoms with van der Waals surface area (Å²) >= 11 is 14.1. The molecule has 12 rings (SSSR count). The van der Waals surface area contributed by atoms with E-state index in [-0.39, 0.29) is 16.5 Å². The maximum atomic E-state index is 11.8. The lowest BCUT2D eigenvalue weighted by Gasteiger charge is -2.07. The maximum absolute atomic E-state index is 11.8. The van der Waals surface area contributed by atoms with E-state index >= 15 is 0 Å². The molecule has 10 aromatic heterocycles. The van der Waals surface area contributed by atoms with E-state index in [0.29, 0.717) is 30.5 Å². The molecule has 0 saturated carbocycles. The fourth-order valence-corrected chi connectivity index (χ4v) is 7.42. The third-order valence-corrected chi connectivity index (χ3v) is 11.8. The first-order chi connectivity index (χ1) is 38.8. The van der Waals surface area contributed by atoms with Crippen molar-refractivity contribution in [2.45, 2.75) is 19.4 Å². The van der Waals surface area contributed by atoms with Crippen molar-refractivity contribution in [3.05, 3.63) is 210 Å². The van der Waals surface area contributed by atoms with Crippen molar-refractivity contribution in [2.24, 2.45) is 33.9 Å². The summed E-state index contributed by atoms with van der Waals surface area (Å²) < 4.78 is 9.73. The van der Waals surface area contributed by atoms with E-state index < -0.39 is 0 Å². The van der Waals surface area contributed by atoms with Gasteiger partial charge in [-0.2, -0.15) is 20.4 Å². The van der Waals surface area contributed by atoms with Crippen LogP contribution in [0, 0.1) is 0 Å². The quantitative estimate of drug-likeness (QED) is 0.0837. The van der Waals surface area contributed by atoms with Gasteiger partial charge in [0, 0.05) is 166 Å². The summed E-state index contributed by atoms with van der Waals surface area (Å²) in [5.41, 5.74) is 20.5. The fourth-order valence-electron chi connectivity index (χ4n) is 7.02. The Morgan fingerprint density at radius 1 is 0.500 bits per heavy atom. The van der Waals surface area contributed by atoms with Crippen LogP contribution in [-0.2, 0) is 52.4 Å². The van der Waals surface area contributed by atoms with Crippen LogP contribution in [0.3, 0.4) is 0 Å². The second-order valence-electron chi connectivity index (χ2n) is 17.0. The Morgan fingerprint density at radius 2 is 0.912 bits per heavy atom. The Labute approximate surface area is 476 Å². The third kappa shape index (κ3) is 17.0. The van der Waals surface area contributed by atoms with Crippen molar-refractivity contribution in [3.8, 4) is 44.5 Å². The highest BCUT2D eigenvalue weighted by atomic mass is 79.9. The number of carbonyl (C=O) groups is 1. The van der Waals surface area contributed by atoms with Gasteiger partial charge in [-0.3, -0.25) is 38.8 Å². The SMILES string of the molecule is Clc1ncc(Br)cn1.Cn1cc(-c2cnc(CN)nc2)cn1.Cn1cc(-c2cnc(Cl)nc2)cn1.Cn1cc(-c2cnc(NNC(=O)Cc3ccccc3)nc2)cn1.Cn1cc(-c2cnc3nnc(Cc4ccccc4)n3c2)cn1. The third-order valence-electron chi connectivity index (χ3n) is 11.0. The molecule has 0 aliphatic rings. The molecule has 0 radical (unpaired) electrons. The molecule has 0 aliphatic carbocycles. The first-order valence-electron chi connectivity index (χ1n) is 24.1. The molecular formula is C53H50BrCl2N23O. The van der Waals surface area contributed by atoms with Crippen LogP contribution in [0.5, 0.6) is 0 Å². The highest BCUT2D eigenvalue weighted by Gasteiger charge is 2.11. The van der Waals surface area contributed by atoms with Gasteiger partial charge in [0.2, 0.25) is 22.4 Å². The number of rotatable bonds is 11. The highest BCUT2D eigenvalue weighted by molar-refractivity contribution is 9.10. The topological polar surface area (TPSA) is 285 Å². The van der Waals surface area contributed by atoms with Crippen LogP contribution in [0.1, 0.15) is 22.8 Å². The van der Waals surface area contributed by atoms with Crippen molar-refractivity contribution in [1.82, 2.24) is 104 Å². The zero-order valence-corrected chi connectivity index (χ0v) is 46.4. The van der Waals surface area contributed by atoms with Crippen LogP contribution in [0.2, 0.25) is 10.6 Å². The number of aromatic nitrogens is 20. The smallest absolute Gasteiger partial charge is 0.254 e. The molecule has 0 spiro atoms. The van der Waals surface area contributed by atoms with E-state index in [9.17, 15) is 4.79 Å². The molecule has 80 heavy (non-hydrogen) atoms. The van der Waals surface area contributed by atoms with E-state index in [1.54, 1.807) is 93.1 Å². The van der Waals surface area contributed by atoms with Gasteiger partial charge in [-0.15, -0.1) is 10.2 Å². The van der Waals surface area contributed by atoms with Gasteiger partial charge in [-0.1, -0.05) is 60.7 Å². The molecule has 0 unspecified atom stereocenters. The van der Waals surface area contributed by atoms with Crippen molar-refractivity contribution in [2.75, 3.05) is 5.43 Å². The number of nitrogens with zero attached hydrogens (tertiary/aromatic N) is 20. The lowest BCUT2D eigenvalue weighted by Crippen LogP contribution is -2.31. The average molecular weight is 1180 g/mol. The molecule has 0 saturated heterocycles. The lowest BCUT2D eigenvalue weighted by atomic mass is 10.1. The monoisotopic (exact) mass is 1170 g/mol. The van der Waals surface area contributed by atoms with Gasteiger partial charge in [-0.25, -0.2) is 44.9 Å². The summed E-state index contributed by atoms with van der Waals surface area (Å²) in [4.78, 5) is 47.9. The van der Waals surface area contributed by atoms with Crippen LogP contribution < -0.4 is 16.6 Å². The number of benzene rings is 2. The van der Waals surface area contributed by atoms with Crippen molar-refractivity contribution >= 4 is 56.8 Å². The molecule has 27 heteroatoms. The minimum atomic E-state index is -0.156. The van der Waals surface area contributed by atoms with Gasteiger partial charge in [-0.05, 0) is 50.3 Å². The molecule has 2 aromatic carbocycles. The number of aryl methyl sites for hydroxylation is 4. The van der Waals surface area contributed by atoms with Gasteiger partial charge in [0.15, 0.2) is 0 Å². The Kier molecular flexibility index (Phi) is 19.9. The van der Waals surface area contributed by atoms with E-state index in [4.69, 9.17) is 28.9 Å². The summed E-state index contributed by atoms with van der Waals surface area (Å²) in [7, 11) is 7.48. The van der Waals surface area contributed by atoms with Crippen LogP contribution in [0.15, 0.2) is 177 Å². The van der Waals surface area contributed by atoms with Gasteiger partial charge in [0.25, 0.3) is 5.78 Å². The van der Waals surface area contributed by atoms with Crippen LogP contribution >= 0.6 is 39.1 Å². The molecule has 0 bridgehead atoms. The Hall–Kier alpha value is -9.56. The molecule has 1 amide bonds. The van der Waals surface area contributed by atoms with Crippen molar-refractivity contribution in [3.63, 3.8) is 0 Å². The predicted molar refractivity (Wildman–Crippen MR) is 304 cm³/mol. The normalized spacial score (nSPS) is 10.4. The maximum Gasteiger partial charge on any atom is 0.254 e. The molecule has 0 fully saturated rings. The van der Waals surface area contributed by atoms with E-state index in [1.165, 1.54) is 5.56 Å². The molecule has 0 aliphatic heterocycles. The fraction of sp³-hybridized carbons (Fsp3) is 0.132. The van der Waals surface area contributed by atoms with E-state index in [1.807, 2.05) is 118 Å². The minimum Gasteiger partial charge on any atom is -0.324 e. The molecule has 404 valence electrons. The molecular weight excluding hydrogens is 1130 g/mol. The first-order valence-corrected chi connectivity index (χ1v) is 25.6. The number of amides is 1. The first kappa shape index (κ1) is 56.6. The van der Waals surface area contributed by atoms with E-state index in [2.05, 4.69) is 114 Å². The zero-order valence-electron chi connectivity index (χ0n) is 43.4. The van der Waals surface area contributed by atoms with Gasteiger partial charge < -0.3 is 5.73 Å². The highest BCUT2D eigenvalue weighted by Crippen LogP contribution is 2.21. The molecule has 4 N–H and O–H groups in total. The Bertz CT molecular complexity index is 3790. The summed E-state index contributed by atoms with van der Waals surface area (Å²) in [5, 5.41) is 25.3. The van der Waals surface area contributed by atoms with Crippen molar-refractivity contribution in [1.29, 1.82) is 0 Å². The Morgan fingerprint density at radius 3 is 1.36 bits per heavy atom. The number of nitrogens with one attached hydrogen (secondary N) is 2. The number of hydrogen-bond donors (Lipinski definition) is 3. The number of anilines is 1. The lowest BCUT2D eigenvalue weighted by molar-refractivity contribution is -0.119. The number of hydrazine groups is 1. The summed E-state index contributed by atoms with van der Waals surface area (Å²) in [6.07, 6.45) is 33.0. The second kappa shape index (κ2) is 28.2. The van der Waals surface area contributed by atoms with Gasteiger partial charge >= 0.3 is 0 Å². The van der Waals surface area contributed by atoms with Crippen LogP contribution in [-0.4, -0.2) is 104 Å². The molecule has 12 aromatic rings. The number of nitrogens with two attached hydrogens (primary N) is 1. The standard InChI is InChI=1S/C16H16N6O.C16H14N6.C9H11N5.C8H7ClN4.C4H2BrClN2/c1-22-11-14(10-19-22)13-8-17-16(18-9-13)21-20-15(23)7-12-5-3-2-4-6-12;1-21-10-14(9-18-21)13-8-17-16-20-19-15(22(16)11-13)7-12-5-3-2-4-6-12;1-14-6-8(5-13-14)7-3-11-9(2-10)12-4-7;1-13-5-7(4-12-13)6-2-10-8(9)11-3-6;5-3-1-7-4(6)8-2-3/h2-6,8-11H,7H2,1H3,(H,20,23)(H,17,18,21);2-6,8-11H,7H2,1H3;3-6H,2,10H2,1H3;2-5H,1H3;1-2H. The van der Waals surface area contributed by atoms with Crippen molar-refractivity contribution < 1.29 is 4.79 Å². The van der Waals surface area contributed by atoms with Gasteiger partial charge in [0.1, 0.15) is 11.6 Å². The summed E-state index contributed by atoms with van der Waals surface area (Å²) in [6, 6.07) is 19.7. The average Bonchev–Trinajstić information content (AvgIpc) is 4.37. The molecule has 24 nitrogen and oxygen atoms in total.